The molecular formula is C11H20O4. The Hall–Kier alpha value is -1.06. The molecule has 0 aliphatic carbocycles. The van der Waals surface area contributed by atoms with Crippen LogP contribution in [0.15, 0.2) is 0 Å². The third kappa shape index (κ3) is 6.10. The third-order valence-electron chi connectivity index (χ3n) is 1.92. The predicted molar refractivity (Wildman–Crippen MR) is 56.5 cm³/mol. The molecule has 0 unspecified atom stereocenters. The summed E-state index contributed by atoms with van der Waals surface area (Å²) in [6, 6.07) is 0. The number of ether oxygens (including phenoxy) is 1. The van der Waals surface area contributed by atoms with E-state index in [9.17, 15) is 9.59 Å². The first kappa shape index (κ1) is 13.9. The van der Waals surface area contributed by atoms with E-state index in [-0.39, 0.29) is 18.8 Å². The maximum atomic E-state index is 11.7. The smallest absolute Gasteiger partial charge is 0.312 e. The lowest BCUT2D eigenvalue weighted by atomic mass is 9.88. The summed E-state index contributed by atoms with van der Waals surface area (Å²) < 4.78 is 5.20. The van der Waals surface area contributed by atoms with Crippen LogP contribution in [0.3, 0.4) is 0 Å². The number of hydrogen-bond acceptors (Lipinski definition) is 3. The number of carbonyl (C=O) groups excluding carboxylic acids is 1. The molecule has 0 aromatic heterocycles. The Morgan fingerprint density at radius 1 is 1.13 bits per heavy atom. The zero-order valence-corrected chi connectivity index (χ0v) is 10.1. The van der Waals surface area contributed by atoms with Crippen LogP contribution in [0.4, 0.5) is 0 Å². The van der Waals surface area contributed by atoms with Crippen molar-refractivity contribution in [1.82, 2.24) is 0 Å². The standard InChI is InChI=1S/C11H20O4/c1-10(2,3)15-9(14)11(4,5)7-6-8(12)13/h6-7H2,1-5H3,(H,12,13). The number of aliphatic carboxylic acids is 1. The van der Waals surface area contributed by atoms with Crippen LogP contribution in [0.1, 0.15) is 47.5 Å². The molecular weight excluding hydrogens is 196 g/mol. The summed E-state index contributed by atoms with van der Waals surface area (Å²) in [5, 5.41) is 8.54. The maximum Gasteiger partial charge on any atom is 0.312 e. The van der Waals surface area contributed by atoms with Gasteiger partial charge in [0.15, 0.2) is 0 Å². The van der Waals surface area contributed by atoms with Gasteiger partial charge in [0.25, 0.3) is 0 Å². The Balaban J connectivity index is 4.32. The summed E-state index contributed by atoms with van der Waals surface area (Å²) in [7, 11) is 0. The molecule has 0 aromatic rings. The SMILES string of the molecule is CC(C)(C)OC(=O)C(C)(C)CCC(=O)O. The molecule has 0 aliphatic heterocycles. The van der Waals surface area contributed by atoms with Gasteiger partial charge in [0.1, 0.15) is 5.60 Å². The fourth-order valence-electron chi connectivity index (χ4n) is 0.938. The monoisotopic (exact) mass is 216 g/mol. The second-order valence-corrected chi connectivity index (χ2v) is 5.28. The quantitative estimate of drug-likeness (QED) is 0.732. The molecule has 0 fully saturated rings. The Morgan fingerprint density at radius 2 is 1.60 bits per heavy atom. The number of hydrogen-bond donors (Lipinski definition) is 1. The van der Waals surface area contributed by atoms with Crippen LogP contribution in [-0.4, -0.2) is 22.6 Å². The zero-order valence-electron chi connectivity index (χ0n) is 10.1. The topological polar surface area (TPSA) is 63.6 Å². The lowest BCUT2D eigenvalue weighted by Crippen LogP contribution is -2.34. The molecule has 0 aliphatic rings. The molecule has 0 bridgehead atoms. The number of rotatable bonds is 4. The van der Waals surface area contributed by atoms with Gasteiger partial charge in [-0.3, -0.25) is 9.59 Å². The van der Waals surface area contributed by atoms with Crippen molar-refractivity contribution in [2.45, 2.75) is 53.1 Å². The van der Waals surface area contributed by atoms with E-state index in [4.69, 9.17) is 9.84 Å². The molecule has 0 atom stereocenters. The van der Waals surface area contributed by atoms with Crippen molar-refractivity contribution in [3.05, 3.63) is 0 Å². The molecule has 4 heteroatoms. The van der Waals surface area contributed by atoms with Gasteiger partial charge in [-0.05, 0) is 41.0 Å². The Kier molecular flexibility index (Phi) is 4.31. The molecule has 0 aromatic carbocycles. The Morgan fingerprint density at radius 3 is 1.93 bits per heavy atom. The summed E-state index contributed by atoms with van der Waals surface area (Å²) in [6.07, 6.45) is 0.267. The van der Waals surface area contributed by atoms with Crippen LogP contribution in [0.2, 0.25) is 0 Å². The molecule has 0 rings (SSSR count). The molecule has 0 amide bonds. The van der Waals surface area contributed by atoms with Crippen molar-refractivity contribution in [2.24, 2.45) is 5.41 Å². The summed E-state index contributed by atoms with van der Waals surface area (Å²) in [4.78, 5) is 22.1. The molecule has 4 nitrogen and oxygen atoms in total. The molecule has 88 valence electrons. The summed E-state index contributed by atoms with van der Waals surface area (Å²) in [5.74, 6) is -1.25. The van der Waals surface area contributed by atoms with E-state index < -0.39 is 17.0 Å². The lowest BCUT2D eigenvalue weighted by molar-refractivity contribution is -0.166. The average Bonchev–Trinajstić information content (AvgIpc) is 1.97. The van der Waals surface area contributed by atoms with Gasteiger partial charge in [-0.25, -0.2) is 0 Å². The highest BCUT2D eigenvalue weighted by molar-refractivity contribution is 5.77. The minimum atomic E-state index is -0.897. The van der Waals surface area contributed by atoms with Crippen molar-refractivity contribution < 1.29 is 19.4 Å². The second-order valence-electron chi connectivity index (χ2n) is 5.28. The number of esters is 1. The molecule has 0 heterocycles. The highest BCUT2D eigenvalue weighted by Crippen LogP contribution is 2.26. The molecule has 0 saturated carbocycles. The van der Waals surface area contributed by atoms with Crippen molar-refractivity contribution in [1.29, 1.82) is 0 Å². The van der Waals surface area contributed by atoms with E-state index >= 15 is 0 Å². The van der Waals surface area contributed by atoms with Crippen molar-refractivity contribution in [3.63, 3.8) is 0 Å². The Bertz CT molecular complexity index is 248. The summed E-state index contributed by atoms with van der Waals surface area (Å²) in [5.41, 5.74) is -1.27. The zero-order chi connectivity index (χ0) is 12.3. The fourth-order valence-corrected chi connectivity index (χ4v) is 0.938. The van der Waals surface area contributed by atoms with E-state index in [0.717, 1.165) is 0 Å². The van der Waals surface area contributed by atoms with Crippen LogP contribution in [0.25, 0.3) is 0 Å². The second kappa shape index (κ2) is 4.64. The Labute approximate surface area is 90.6 Å². The maximum absolute atomic E-state index is 11.7. The molecule has 0 saturated heterocycles. The van der Waals surface area contributed by atoms with Gasteiger partial charge in [0.2, 0.25) is 0 Å². The first-order valence-corrected chi connectivity index (χ1v) is 5.00. The summed E-state index contributed by atoms with van der Waals surface area (Å²) >= 11 is 0. The number of carboxylic acid groups (broad SMARTS) is 1. The minimum absolute atomic E-state index is 0.0216. The highest BCUT2D eigenvalue weighted by atomic mass is 16.6. The van der Waals surface area contributed by atoms with Gasteiger partial charge in [-0.2, -0.15) is 0 Å². The molecule has 0 radical (unpaired) electrons. The number of carboxylic acids is 1. The molecule has 1 N–H and O–H groups in total. The van der Waals surface area contributed by atoms with Gasteiger partial charge in [0, 0.05) is 6.42 Å². The lowest BCUT2D eigenvalue weighted by Gasteiger charge is -2.28. The van der Waals surface area contributed by atoms with Gasteiger partial charge in [0.05, 0.1) is 5.41 Å². The van der Waals surface area contributed by atoms with Crippen molar-refractivity contribution in [2.75, 3.05) is 0 Å². The third-order valence-corrected chi connectivity index (χ3v) is 1.92. The van der Waals surface area contributed by atoms with E-state index in [0.29, 0.717) is 0 Å². The minimum Gasteiger partial charge on any atom is -0.481 e. The van der Waals surface area contributed by atoms with Gasteiger partial charge >= 0.3 is 11.9 Å². The fraction of sp³-hybridized carbons (Fsp3) is 0.818. The normalized spacial score (nSPS) is 12.3. The average molecular weight is 216 g/mol. The van der Waals surface area contributed by atoms with Crippen molar-refractivity contribution in [3.8, 4) is 0 Å². The van der Waals surface area contributed by atoms with E-state index in [2.05, 4.69) is 0 Å². The first-order chi connectivity index (χ1) is 6.54. The van der Waals surface area contributed by atoms with Crippen molar-refractivity contribution >= 4 is 11.9 Å². The van der Waals surface area contributed by atoms with E-state index in [1.165, 1.54) is 0 Å². The highest BCUT2D eigenvalue weighted by Gasteiger charge is 2.32. The van der Waals surface area contributed by atoms with Crippen LogP contribution < -0.4 is 0 Å². The van der Waals surface area contributed by atoms with Crippen LogP contribution >= 0.6 is 0 Å². The van der Waals surface area contributed by atoms with E-state index in [1.54, 1.807) is 34.6 Å². The van der Waals surface area contributed by atoms with Gasteiger partial charge < -0.3 is 9.84 Å². The van der Waals surface area contributed by atoms with Crippen LogP contribution in [0, 0.1) is 5.41 Å². The van der Waals surface area contributed by atoms with Crippen LogP contribution in [-0.2, 0) is 14.3 Å². The van der Waals surface area contributed by atoms with Crippen LogP contribution in [0.5, 0.6) is 0 Å². The van der Waals surface area contributed by atoms with Gasteiger partial charge in [-0.15, -0.1) is 0 Å². The van der Waals surface area contributed by atoms with Gasteiger partial charge in [-0.1, -0.05) is 0 Å². The van der Waals surface area contributed by atoms with E-state index in [1.807, 2.05) is 0 Å². The molecule has 15 heavy (non-hydrogen) atoms. The summed E-state index contributed by atoms with van der Waals surface area (Å²) in [6.45, 7) is 8.77. The number of carbonyl (C=O) groups is 2. The predicted octanol–water partition coefficient (Wildman–Crippen LogP) is 2.22. The molecule has 0 spiro atoms. The largest absolute Gasteiger partial charge is 0.481 e. The first-order valence-electron chi connectivity index (χ1n) is 5.00.